The highest BCUT2D eigenvalue weighted by molar-refractivity contribution is 6.34. The average molecular weight is 743 g/mol. The number of hydrazine groups is 1. The van der Waals surface area contributed by atoms with Gasteiger partial charge in [-0.25, -0.2) is 4.98 Å². The standard InChI is InChI=1S/C40H46N4O10/c1-18-12-25-28(26(46)13-18)32(48)30-29(31(25)47)23-9-11-41-37-27(23)24-8-10-40(53-34(24)30)36(51)33(49)35(50)39(54-40)15-21(14-22(45)16-42-37)43-44(38(39)52)17-19(2)20-6-4-3-5-7-20/h9,11-13,15,19-20,22,33,35-36,38,43,45-46,49-52H,3-8,10,14,16-17H2,1-2H3,(H,41,42)/t19-,22-,33+,35+,36-,38-,39+,40-/m1/s1. The number of ether oxygens (including phenoxy) is 2. The molecule has 0 unspecified atom stereocenters. The summed E-state index contributed by atoms with van der Waals surface area (Å²) in [6.07, 6.45) is 0.230. The van der Waals surface area contributed by atoms with Crippen LogP contribution in [0.15, 0.2) is 36.2 Å². The second kappa shape index (κ2) is 12.7. The van der Waals surface area contributed by atoms with Crippen LogP contribution in [0.4, 0.5) is 5.82 Å². The molecule has 6 heterocycles. The van der Waals surface area contributed by atoms with Crippen molar-refractivity contribution in [1.29, 1.82) is 0 Å². The van der Waals surface area contributed by atoms with E-state index in [9.17, 15) is 40.2 Å². The maximum atomic E-state index is 14.6. The average Bonchev–Trinajstić information content (AvgIpc) is 3.15. The third-order valence-electron chi connectivity index (χ3n) is 12.7. The number of aromatic hydroxyl groups is 1. The molecule has 0 radical (unpaired) electrons. The van der Waals surface area contributed by atoms with Crippen LogP contribution in [0.5, 0.6) is 11.5 Å². The Morgan fingerprint density at radius 1 is 1.02 bits per heavy atom. The number of carbonyl (C=O) groups excluding carboxylic acids is 2. The van der Waals surface area contributed by atoms with E-state index in [0.717, 1.165) is 25.7 Å². The maximum Gasteiger partial charge on any atom is 0.240 e. The molecule has 7 aliphatic rings. The summed E-state index contributed by atoms with van der Waals surface area (Å²) in [5.41, 5.74) is 2.31. The molecule has 3 aromatic rings. The monoisotopic (exact) mass is 742 g/mol. The van der Waals surface area contributed by atoms with Crippen molar-refractivity contribution >= 4 is 28.2 Å². The number of hydrogen-bond donors (Lipinski definition) is 8. The van der Waals surface area contributed by atoms with Gasteiger partial charge >= 0.3 is 0 Å². The number of hydrogen-bond acceptors (Lipinski definition) is 14. The van der Waals surface area contributed by atoms with Crippen LogP contribution in [0, 0.1) is 18.8 Å². The van der Waals surface area contributed by atoms with Crippen molar-refractivity contribution in [3.8, 4) is 11.5 Å². The Kier molecular flexibility index (Phi) is 8.36. The van der Waals surface area contributed by atoms with Crippen molar-refractivity contribution in [3.05, 3.63) is 69.5 Å². The first-order chi connectivity index (χ1) is 25.8. The van der Waals surface area contributed by atoms with Gasteiger partial charge in [0, 0.05) is 59.9 Å². The van der Waals surface area contributed by atoms with Crippen LogP contribution in [-0.4, -0.2) is 107 Å². The molecule has 1 aromatic heterocycles. The second-order valence-electron chi connectivity index (χ2n) is 16.2. The largest absolute Gasteiger partial charge is 0.507 e. The summed E-state index contributed by atoms with van der Waals surface area (Å²) in [5.74, 6) is -2.97. The van der Waals surface area contributed by atoms with E-state index in [-0.39, 0.29) is 65.5 Å². The molecule has 286 valence electrons. The first-order valence-corrected chi connectivity index (χ1v) is 19.0. The maximum absolute atomic E-state index is 14.6. The third kappa shape index (κ3) is 5.15. The summed E-state index contributed by atoms with van der Waals surface area (Å²) >= 11 is 0. The molecule has 54 heavy (non-hydrogen) atoms. The van der Waals surface area contributed by atoms with Crippen LogP contribution in [-0.2, 0) is 11.2 Å². The lowest BCUT2D eigenvalue weighted by Crippen LogP contribution is -2.78. The Hall–Kier alpha value is -4.15. The number of phenolic OH excluding ortho intramolecular Hbond substituents is 1. The zero-order valence-electron chi connectivity index (χ0n) is 30.2. The van der Waals surface area contributed by atoms with Crippen LogP contribution in [0.1, 0.15) is 94.8 Å². The Balaban J connectivity index is 1.24. The van der Waals surface area contributed by atoms with Gasteiger partial charge in [0.2, 0.25) is 11.6 Å². The molecule has 14 heteroatoms. The van der Waals surface area contributed by atoms with Gasteiger partial charge in [-0.2, -0.15) is 5.01 Å². The summed E-state index contributed by atoms with van der Waals surface area (Å²) in [7, 11) is 0. The molecule has 1 saturated heterocycles. The molecule has 5 aliphatic heterocycles. The fourth-order valence-corrected chi connectivity index (χ4v) is 9.94. The Labute approximate surface area is 311 Å². The Bertz CT molecular complexity index is 2120. The van der Waals surface area contributed by atoms with Gasteiger partial charge in [0.05, 0.1) is 17.2 Å². The van der Waals surface area contributed by atoms with Crippen LogP contribution in [0.25, 0.3) is 10.8 Å². The number of aliphatic hydroxyl groups is 5. The minimum Gasteiger partial charge on any atom is -0.507 e. The molecule has 2 fully saturated rings. The summed E-state index contributed by atoms with van der Waals surface area (Å²) < 4.78 is 13.5. The van der Waals surface area contributed by atoms with Gasteiger partial charge in [-0.1, -0.05) is 39.0 Å². The predicted octanol–water partition coefficient (Wildman–Crippen LogP) is 2.31. The number of phenols is 1. The van der Waals surface area contributed by atoms with Crippen molar-refractivity contribution in [1.82, 2.24) is 15.4 Å². The smallest absolute Gasteiger partial charge is 0.240 e. The van der Waals surface area contributed by atoms with Crippen LogP contribution in [0.2, 0.25) is 0 Å². The van der Waals surface area contributed by atoms with Crippen LogP contribution in [0.3, 0.4) is 0 Å². The quantitative estimate of drug-likeness (QED) is 0.151. The summed E-state index contributed by atoms with van der Waals surface area (Å²) in [6.45, 7) is 4.16. The zero-order chi connectivity index (χ0) is 37.8. The second-order valence-corrected chi connectivity index (χ2v) is 16.2. The van der Waals surface area contributed by atoms with E-state index in [0.29, 0.717) is 45.9 Å². The van der Waals surface area contributed by atoms with Gasteiger partial charge < -0.3 is 50.9 Å². The number of pyridine rings is 1. The molecule has 14 nitrogen and oxygen atoms in total. The number of aromatic nitrogens is 1. The van der Waals surface area contributed by atoms with E-state index in [1.807, 2.05) is 0 Å². The molecule has 2 spiro atoms. The Morgan fingerprint density at radius 3 is 2.57 bits per heavy atom. The molecule has 8 N–H and O–H groups in total. The van der Waals surface area contributed by atoms with Gasteiger partial charge in [-0.3, -0.25) is 9.59 Å². The third-order valence-corrected chi connectivity index (χ3v) is 12.7. The van der Waals surface area contributed by atoms with E-state index < -0.39 is 53.6 Å². The minimum absolute atomic E-state index is 0.00332. The fraction of sp³-hybridized carbons (Fsp3) is 0.525. The SMILES string of the molecule is Cc1cc(O)c2c(c1)C(=O)c1c(c3c4c5c(nccc15)NC[C@H](O)CC1=C[C@@]5(O[C@@](CC4)(O3)[C@H](O)[C@@H](O)[C@@H]5O)[C@@H](O)N(C[C@@H](C)C3CCCCC3)N1)C2=O. The molecule has 8 atom stereocenters. The normalized spacial score (nSPS) is 32.9. The van der Waals surface area contributed by atoms with Crippen molar-refractivity contribution < 1.29 is 49.7 Å². The van der Waals surface area contributed by atoms with Gasteiger partial charge in [0.15, 0.2) is 17.6 Å². The molecule has 6 bridgehead atoms. The molecule has 0 amide bonds. The summed E-state index contributed by atoms with van der Waals surface area (Å²) in [5, 5.41) is 75.7. The number of aryl methyl sites for hydroxylation is 2. The number of benzene rings is 2. The lowest BCUT2D eigenvalue weighted by Gasteiger charge is -2.58. The lowest BCUT2D eigenvalue weighted by molar-refractivity contribution is -0.387. The predicted molar refractivity (Wildman–Crippen MR) is 194 cm³/mol. The lowest BCUT2D eigenvalue weighted by atomic mass is 9.75. The van der Waals surface area contributed by atoms with Crippen molar-refractivity contribution in [3.63, 3.8) is 0 Å². The Morgan fingerprint density at radius 2 is 1.80 bits per heavy atom. The first kappa shape index (κ1) is 35.5. The van der Waals surface area contributed by atoms with Gasteiger partial charge in [-0.15, -0.1) is 0 Å². The van der Waals surface area contributed by atoms with E-state index in [4.69, 9.17) is 9.47 Å². The first-order valence-electron chi connectivity index (χ1n) is 19.0. The summed E-state index contributed by atoms with van der Waals surface area (Å²) in [6, 6.07) is 4.58. The van der Waals surface area contributed by atoms with Crippen molar-refractivity contribution in [2.45, 2.75) is 107 Å². The van der Waals surface area contributed by atoms with Gasteiger partial charge in [-0.05, 0) is 60.4 Å². The van der Waals surface area contributed by atoms with Gasteiger partial charge in [0.25, 0.3) is 0 Å². The number of ketones is 2. The zero-order valence-corrected chi connectivity index (χ0v) is 30.2. The van der Waals surface area contributed by atoms with Crippen molar-refractivity contribution in [2.24, 2.45) is 11.8 Å². The number of rotatable bonds is 3. The van der Waals surface area contributed by atoms with E-state index >= 15 is 0 Å². The molecule has 1 saturated carbocycles. The van der Waals surface area contributed by atoms with Crippen LogP contribution >= 0.6 is 0 Å². The molecular weight excluding hydrogens is 696 g/mol. The van der Waals surface area contributed by atoms with E-state index in [2.05, 4.69) is 22.7 Å². The molecule has 2 aromatic carbocycles. The number of aliphatic hydroxyl groups excluding tert-OH is 5. The van der Waals surface area contributed by atoms with Crippen LogP contribution < -0.4 is 15.5 Å². The summed E-state index contributed by atoms with van der Waals surface area (Å²) in [4.78, 5) is 33.7. The molecule has 10 rings (SSSR count). The van der Waals surface area contributed by atoms with E-state index in [1.165, 1.54) is 24.8 Å². The number of nitrogens with zero attached hydrogens (tertiary/aromatic N) is 2. The highest BCUT2D eigenvalue weighted by atomic mass is 16.7. The fourth-order valence-electron chi connectivity index (χ4n) is 9.94. The number of fused-ring (bicyclic) bond motifs is 7. The number of carbonyl (C=O) groups is 2. The molecular formula is C40H46N4O10. The van der Waals surface area contributed by atoms with Crippen molar-refractivity contribution in [2.75, 3.05) is 18.4 Å². The topological polar surface area (TPSA) is 214 Å². The number of nitrogens with one attached hydrogen (secondary N) is 2. The van der Waals surface area contributed by atoms with Gasteiger partial charge in [0.1, 0.15) is 35.6 Å². The highest BCUT2D eigenvalue weighted by Gasteiger charge is 2.66. The van der Waals surface area contributed by atoms with E-state index in [1.54, 1.807) is 24.1 Å². The minimum atomic E-state index is -2.15. The molecule has 2 aliphatic carbocycles. The highest BCUT2D eigenvalue weighted by Crippen LogP contribution is 2.53. The number of anilines is 1.